The smallest absolute Gasteiger partial charge is 0.323 e. The number of fused-ring (bicyclic) bond motifs is 2. The van der Waals surface area contributed by atoms with Crippen LogP contribution in [0.1, 0.15) is 11.1 Å². The van der Waals surface area contributed by atoms with Gasteiger partial charge < -0.3 is 10.6 Å². The van der Waals surface area contributed by atoms with Crippen LogP contribution in [-0.4, -0.2) is 17.8 Å². The zero-order valence-electron chi connectivity index (χ0n) is 8.96. The molecule has 17 heavy (non-hydrogen) atoms. The third kappa shape index (κ3) is 1.06. The molecule has 1 fully saturated rings. The third-order valence-electron chi connectivity index (χ3n) is 3.04. The van der Waals surface area contributed by atoms with Gasteiger partial charge in [0.2, 0.25) is 5.54 Å². The molecular formula is C11H9N3O3. The van der Waals surface area contributed by atoms with Gasteiger partial charge in [-0.15, -0.1) is 0 Å². The molecular weight excluding hydrogens is 222 g/mol. The first-order chi connectivity index (χ1) is 8.04. The molecule has 86 valence electrons. The number of benzene rings is 1. The van der Waals surface area contributed by atoms with Crippen molar-refractivity contribution in [2.75, 3.05) is 5.32 Å². The second kappa shape index (κ2) is 2.85. The van der Waals surface area contributed by atoms with Crippen LogP contribution in [0.2, 0.25) is 0 Å². The number of hydrogen-bond acceptors (Lipinski definition) is 3. The third-order valence-corrected chi connectivity index (χ3v) is 3.04. The van der Waals surface area contributed by atoms with E-state index in [-0.39, 0.29) is 0 Å². The number of urea groups is 1. The SMILES string of the molecule is Cc1ccc2c(c1)C1(NC(=O)NC1=O)C(=O)N2. The second-order valence-electron chi connectivity index (χ2n) is 4.16. The Bertz CT molecular complexity index is 581. The normalized spacial score (nSPS) is 25.6. The van der Waals surface area contributed by atoms with Crippen molar-refractivity contribution in [2.45, 2.75) is 12.5 Å². The lowest BCUT2D eigenvalue weighted by molar-refractivity contribution is -0.132. The Morgan fingerprint density at radius 2 is 1.76 bits per heavy atom. The summed E-state index contributed by atoms with van der Waals surface area (Å²) in [5.41, 5.74) is 0.357. The summed E-state index contributed by atoms with van der Waals surface area (Å²) in [6, 6.07) is 4.61. The van der Waals surface area contributed by atoms with Crippen LogP contribution in [0.5, 0.6) is 0 Å². The Morgan fingerprint density at radius 1 is 1.06 bits per heavy atom. The summed E-state index contributed by atoms with van der Waals surface area (Å²) in [6.07, 6.45) is 0. The fourth-order valence-corrected chi connectivity index (χ4v) is 2.22. The molecule has 3 rings (SSSR count). The van der Waals surface area contributed by atoms with Crippen molar-refractivity contribution in [3.8, 4) is 0 Å². The van der Waals surface area contributed by atoms with Crippen LogP contribution in [0.15, 0.2) is 18.2 Å². The lowest BCUT2D eigenvalue weighted by atomic mass is 9.90. The predicted molar refractivity (Wildman–Crippen MR) is 58.2 cm³/mol. The molecule has 2 aliphatic rings. The monoisotopic (exact) mass is 231 g/mol. The molecule has 6 nitrogen and oxygen atoms in total. The molecule has 0 aromatic heterocycles. The average molecular weight is 231 g/mol. The first-order valence-corrected chi connectivity index (χ1v) is 5.10. The van der Waals surface area contributed by atoms with Crippen LogP contribution in [0.3, 0.4) is 0 Å². The molecule has 1 aromatic carbocycles. The topological polar surface area (TPSA) is 87.3 Å². The molecule has 3 N–H and O–H groups in total. The van der Waals surface area contributed by atoms with Crippen LogP contribution < -0.4 is 16.0 Å². The first kappa shape index (κ1) is 9.83. The Balaban J connectivity index is 2.26. The molecule has 0 radical (unpaired) electrons. The largest absolute Gasteiger partial charge is 0.323 e. The Kier molecular flexibility index (Phi) is 1.65. The van der Waals surface area contributed by atoms with Gasteiger partial charge in [0.1, 0.15) is 0 Å². The zero-order chi connectivity index (χ0) is 12.2. The van der Waals surface area contributed by atoms with E-state index < -0.39 is 23.4 Å². The van der Waals surface area contributed by atoms with Gasteiger partial charge in [0, 0.05) is 11.3 Å². The minimum atomic E-state index is -1.60. The number of nitrogens with one attached hydrogen (secondary N) is 3. The fraction of sp³-hybridized carbons (Fsp3) is 0.182. The summed E-state index contributed by atoms with van der Waals surface area (Å²) < 4.78 is 0. The number of carbonyl (C=O) groups excluding carboxylic acids is 3. The van der Waals surface area contributed by atoms with Gasteiger partial charge in [-0.25, -0.2) is 4.79 Å². The van der Waals surface area contributed by atoms with Gasteiger partial charge in [0.25, 0.3) is 11.8 Å². The van der Waals surface area contributed by atoms with Gasteiger partial charge in [0.05, 0.1) is 0 Å². The van der Waals surface area contributed by atoms with E-state index in [9.17, 15) is 14.4 Å². The average Bonchev–Trinajstić information content (AvgIpc) is 2.70. The van der Waals surface area contributed by atoms with Gasteiger partial charge in [-0.1, -0.05) is 17.7 Å². The molecule has 2 aliphatic heterocycles. The quantitative estimate of drug-likeness (QED) is 0.433. The number of aryl methyl sites for hydroxylation is 1. The van der Waals surface area contributed by atoms with Gasteiger partial charge >= 0.3 is 6.03 Å². The lowest BCUT2D eigenvalue weighted by Crippen LogP contribution is -2.49. The summed E-state index contributed by atoms with van der Waals surface area (Å²) >= 11 is 0. The number of carbonyl (C=O) groups is 3. The van der Waals surface area contributed by atoms with Gasteiger partial charge in [-0.05, 0) is 13.0 Å². The number of anilines is 1. The van der Waals surface area contributed by atoms with E-state index in [2.05, 4.69) is 16.0 Å². The van der Waals surface area contributed by atoms with E-state index >= 15 is 0 Å². The highest BCUT2D eigenvalue weighted by atomic mass is 16.2. The summed E-state index contributed by atoms with van der Waals surface area (Å²) in [6.45, 7) is 1.85. The van der Waals surface area contributed by atoms with Crippen molar-refractivity contribution < 1.29 is 14.4 Å². The van der Waals surface area contributed by atoms with Crippen LogP contribution in [0.4, 0.5) is 10.5 Å². The highest BCUT2D eigenvalue weighted by Crippen LogP contribution is 2.38. The maximum atomic E-state index is 11.9. The minimum absolute atomic E-state index is 0.492. The first-order valence-electron chi connectivity index (χ1n) is 5.10. The van der Waals surface area contributed by atoms with Crippen molar-refractivity contribution in [3.05, 3.63) is 29.3 Å². The zero-order valence-corrected chi connectivity index (χ0v) is 8.96. The van der Waals surface area contributed by atoms with E-state index in [1.165, 1.54) is 0 Å². The molecule has 2 heterocycles. The maximum absolute atomic E-state index is 11.9. The molecule has 0 saturated carbocycles. The van der Waals surface area contributed by atoms with E-state index in [0.29, 0.717) is 11.3 Å². The molecule has 6 heteroatoms. The highest BCUT2D eigenvalue weighted by molar-refractivity contribution is 6.26. The van der Waals surface area contributed by atoms with Crippen molar-refractivity contribution >= 4 is 23.5 Å². The Hall–Kier alpha value is -2.37. The minimum Gasteiger partial charge on any atom is -0.323 e. The van der Waals surface area contributed by atoms with Crippen molar-refractivity contribution in [2.24, 2.45) is 0 Å². The molecule has 1 aromatic rings. The number of imide groups is 1. The molecule has 1 unspecified atom stereocenters. The summed E-state index contributed by atoms with van der Waals surface area (Å²) in [4.78, 5) is 35.0. The second-order valence-corrected chi connectivity index (χ2v) is 4.16. The van der Waals surface area contributed by atoms with Crippen LogP contribution in [-0.2, 0) is 15.1 Å². The van der Waals surface area contributed by atoms with E-state index in [4.69, 9.17) is 0 Å². The maximum Gasteiger partial charge on any atom is 0.323 e. The molecule has 1 atom stereocenters. The molecule has 0 bridgehead atoms. The van der Waals surface area contributed by atoms with Crippen molar-refractivity contribution in [3.63, 3.8) is 0 Å². The van der Waals surface area contributed by atoms with Crippen LogP contribution in [0, 0.1) is 6.92 Å². The van der Waals surface area contributed by atoms with E-state index in [1.54, 1.807) is 12.1 Å². The Morgan fingerprint density at radius 3 is 2.41 bits per heavy atom. The lowest BCUT2D eigenvalue weighted by Gasteiger charge is -2.17. The van der Waals surface area contributed by atoms with Gasteiger partial charge in [-0.3, -0.25) is 14.9 Å². The number of hydrogen-bond donors (Lipinski definition) is 3. The van der Waals surface area contributed by atoms with Crippen LogP contribution >= 0.6 is 0 Å². The molecule has 1 spiro atoms. The number of amides is 4. The van der Waals surface area contributed by atoms with E-state index in [1.807, 2.05) is 13.0 Å². The summed E-state index contributed by atoms with van der Waals surface area (Å²) in [7, 11) is 0. The number of rotatable bonds is 0. The molecule has 0 aliphatic carbocycles. The van der Waals surface area contributed by atoms with Crippen molar-refractivity contribution in [1.29, 1.82) is 0 Å². The Labute approximate surface area is 96.4 Å². The van der Waals surface area contributed by atoms with Crippen molar-refractivity contribution in [1.82, 2.24) is 10.6 Å². The standard InChI is InChI=1S/C11H9N3O3/c1-5-2-3-7-6(4-5)11(8(15)12-7)9(16)13-10(17)14-11/h2-4H,1H3,(H,12,15)(H2,13,14,16,17). The molecule has 1 saturated heterocycles. The van der Waals surface area contributed by atoms with Crippen LogP contribution in [0.25, 0.3) is 0 Å². The highest BCUT2D eigenvalue weighted by Gasteiger charge is 2.58. The fourth-order valence-electron chi connectivity index (χ4n) is 2.22. The summed E-state index contributed by atoms with van der Waals surface area (Å²) in [5, 5.41) is 7.08. The molecule has 4 amide bonds. The summed E-state index contributed by atoms with van der Waals surface area (Å²) in [5.74, 6) is -1.16. The van der Waals surface area contributed by atoms with E-state index in [0.717, 1.165) is 5.56 Å². The van der Waals surface area contributed by atoms with Gasteiger partial charge in [-0.2, -0.15) is 0 Å². The predicted octanol–water partition coefficient (Wildman–Crippen LogP) is -0.0182. The van der Waals surface area contributed by atoms with Gasteiger partial charge in [0.15, 0.2) is 0 Å².